The molecule has 0 N–H and O–H groups in total. The Morgan fingerprint density at radius 3 is 3.06 bits per heavy atom. The van der Waals surface area contributed by atoms with Gasteiger partial charge in [0.2, 0.25) is 0 Å². The van der Waals surface area contributed by atoms with E-state index in [4.69, 9.17) is 11.6 Å². The number of hydrogen-bond donors (Lipinski definition) is 0. The molecule has 90 valence electrons. The third kappa shape index (κ3) is 1.83. The normalized spacial score (nSPS) is 22.1. The quantitative estimate of drug-likeness (QED) is 0.724. The Bertz CT molecular complexity index is 534. The van der Waals surface area contributed by atoms with Crippen molar-refractivity contribution in [3.63, 3.8) is 0 Å². The molecule has 0 bridgehead atoms. The first-order valence-electron chi connectivity index (χ1n) is 6.09. The van der Waals surface area contributed by atoms with Crippen LogP contribution in [-0.2, 0) is 0 Å². The first kappa shape index (κ1) is 11.1. The Morgan fingerprint density at radius 2 is 2.24 bits per heavy atom. The molecule has 3 nitrogen and oxygen atoms in total. The predicted molar refractivity (Wildman–Crippen MR) is 69.4 cm³/mol. The van der Waals surface area contributed by atoms with Gasteiger partial charge < -0.3 is 0 Å². The van der Waals surface area contributed by atoms with Crippen LogP contribution in [0.1, 0.15) is 31.1 Å². The molecule has 3 rings (SSSR count). The lowest BCUT2D eigenvalue weighted by molar-refractivity contribution is 0.179. The van der Waals surface area contributed by atoms with Crippen molar-refractivity contribution < 1.29 is 0 Å². The number of rotatable bonds is 1. The highest BCUT2D eigenvalue weighted by Crippen LogP contribution is 2.30. The van der Waals surface area contributed by atoms with E-state index in [0.717, 1.165) is 23.0 Å². The Balaban J connectivity index is 2.10. The van der Waals surface area contributed by atoms with E-state index in [-0.39, 0.29) is 0 Å². The third-order valence-electron chi connectivity index (χ3n) is 3.60. The van der Waals surface area contributed by atoms with Gasteiger partial charge in [0.25, 0.3) is 0 Å². The molecule has 1 aliphatic rings. The minimum Gasteiger partial charge on any atom is -0.297 e. The van der Waals surface area contributed by atoms with Crippen LogP contribution in [0.4, 0.5) is 0 Å². The van der Waals surface area contributed by atoms with E-state index in [1.807, 2.05) is 24.4 Å². The number of imidazole rings is 1. The monoisotopic (exact) mass is 249 g/mol. The Kier molecular flexibility index (Phi) is 2.81. The second kappa shape index (κ2) is 4.31. The molecule has 0 radical (unpaired) electrons. The summed E-state index contributed by atoms with van der Waals surface area (Å²) in [7, 11) is 2.17. The first-order chi connectivity index (χ1) is 8.27. The molecule has 2 aromatic heterocycles. The van der Waals surface area contributed by atoms with E-state index in [9.17, 15) is 0 Å². The summed E-state index contributed by atoms with van der Waals surface area (Å²) in [6, 6.07) is 6.33. The van der Waals surface area contributed by atoms with E-state index < -0.39 is 0 Å². The molecular formula is C13H16ClN3. The van der Waals surface area contributed by atoms with Crippen molar-refractivity contribution in [3.8, 4) is 0 Å². The van der Waals surface area contributed by atoms with Gasteiger partial charge in [0, 0.05) is 0 Å². The molecule has 0 spiro atoms. The van der Waals surface area contributed by atoms with Crippen LogP contribution in [-0.4, -0.2) is 27.9 Å². The van der Waals surface area contributed by atoms with Gasteiger partial charge in [-0.2, -0.15) is 0 Å². The van der Waals surface area contributed by atoms with E-state index >= 15 is 0 Å². The van der Waals surface area contributed by atoms with Crippen LogP contribution < -0.4 is 0 Å². The smallest absolute Gasteiger partial charge is 0.131 e. The maximum Gasteiger partial charge on any atom is 0.131 e. The van der Waals surface area contributed by atoms with Crippen LogP contribution in [0.3, 0.4) is 0 Å². The summed E-state index contributed by atoms with van der Waals surface area (Å²) in [5.41, 5.74) is 1.08. The number of piperidine rings is 1. The predicted octanol–water partition coefficient (Wildman–Crippen LogP) is 3.14. The molecule has 0 saturated carbocycles. The summed E-state index contributed by atoms with van der Waals surface area (Å²) in [6.45, 7) is 1.14. The molecule has 1 fully saturated rings. The van der Waals surface area contributed by atoms with Gasteiger partial charge in [-0.05, 0) is 38.6 Å². The molecule has 1 saturated heterocycles. The topological polar surface area (TPSA) is 20.5 Å². The Hall–Kier alpha value is -1.06. The minimum absolute atomic E-state index is 0.395. The summed E-state index contributed by atoms with van der Waals surface area (Å²) in [6.07, 6.45) is 5.63. The fourth-order valence-corrected chi connectivity index (χ4v) is 2.92. The van der Waals surface area contributed by atoms with Crippen molar-refractivity contribution in [2.45, 2.75) is 25.3 Å². The van der Waals surface area contributed by atoms with Crippen LogP contribution in [0.5, 0.6) is 0 Å². The van der Waals surface area contributed by atoms with Gasteiger partial charge in [0.1, 0.15) is 11.0 Å². The van der Waals surface area contributed by atoms with E-state index in [1.54, 1.807) is 0 Å². The molecule has 17 heavy (non-hydrogen) atoms. The lowest BCUT2D eigenvalue weighted by Crippen LogP contribution is -2.30. The highest BCUT2D eigenvalue weighted by atomic mass is 35.5. The molecular weight excluding hydrogens is 234 g/mol. The molecule has 2 aromatic rings. The van der Waals surface area contributed by atoms with Crippen molar-refractivity contribution in [1.82, 2.24) is 14.3 Å². The highest BCUT2D eigenvalue weighted by Gasteiger charge is 2.24. The number of nitrogens with zero attached hydrogens (tertiary/aromatic N) is 3. The number of fused-ring (bicyclic) bond motifs is 1. The van der Waals surface area contributed by atoms with Crippen molar-refractivity contribution in [3.05, 3.63) is 35.4 Å². The van der Waals surface area contributed by atoms with Crippen LogP contribution in [0.2, 0.25) is 5.15 Å². The zero-order valence-corrected chi connectivity index (χ0v) is 10.7. The van der Waals surface area contributed by atoms with Gasteiger partial charge in [-0.3, -0.25) is 9.30 Å². The fourth-order valence-electron chi connectivity index (χ4n) is 2.67. The second-order valence-electron chi connectivity index (χ2n) is 4.72. The molecule has 3 heterocycles. The maximum absolute atomic E-state index is 6.27. The molecule has 0 aromatic carbocycles. The van der Waals surface area contributed by atoms with Crippen molar-refractivity contribution in [2.75, 3.05) is 13.6 Å². The fraction of sp³-hybridized carbons (Fsp3) is 0.462. The van der Waals surface area contributed by atoms with Crippen LogP contribution in [0, 0.1) is 0 Å². The van der Waals surface area contributed by atoms with Gasteiger partial charge >= 0.3 is 0 Å². The molecule has 1 aliphatic heterocycles. The SMILES string of the molecule is CN1CCCCC1c1ncc2cccc(Cl)n12. The molecule has 1 atom stereocenters. The first-order valence-corrected chi connectivity index (χ1v) is 6.47. The second-order valence-corrected chi connectivity index (χ2v) is 5.10. The number of pyridine rings is 1. The van der Waals surface area contributed by atoms with Crippen LogP contribution >= 0.6 is 11.6 Å². The third-order valence-corrected chi connectivity index (χ3v) is 3.89. The molecule has 0 aliphatic carbocycles. The molecule has 1 unspecified atom stereocenters. The largest absolute Gasteiger partial charge is 0.297 e. The van der Waals surface area contributed by atoms with E-state index in [2.05, 4.69) is 21.3 Å². The summed E-state index contributed by atoms with van der Waals surface area (Å²) in [5, 5.41) is 0.744. The summed E-state index contributed by atoms with van der Waals surface area (Å²) >= 11 is 6.27. The van der Waals surface area contributed by atoms with Crippen molar-refractivity contribution in [1.29, 1.82) is 0 Å². The summed E-state index contributed by atoms with van der Waals surface area (Å²) in [4.78, 5) is 6.94. The highest BCUT2D eigenvalue weighted by molar-refractivity contribution is 6.29. The Labute approximate surface area is 106 Å². The van der Waals surface area contributed by atoms with Crippen LogP contribution in [0.25, 0.3) is 5.52 Å². The average molecular weight is 250 g/mol. The van der Waals surface area contributed by atoms with Crippen molar-refractivity contribution >= 4 is 17.1 Å². The summed E-state index contributed by atoms with van der Waals surface area (Å²) < 4.78 is 2.06. The average Bonchev–Trinajstić information content (AvgIpc) is 2.75. The maximum atomic E-state index is 6.27. The molecule has 4 heteroatoms. The van der Waals surface area contributed by atoms with E-state index in [0.29, 0.717) is 6.04 Å². The van der Waals surface area contributed by atoms with Gasteiger partial charge in [-0.25, -0.2) is 4.98 Å². The lowest BCUT2D eigenvalue weighted by atomic mass is 10.0. The van der Waals surface area contributed by atoms with Gasteiger partial charge in [-0.15, -0.1) is 0 Å². The zero-order valence-electron chi connectivity index (χ0n) is 9.93. The van der Waals surface area contributed by atoms with Gasteiger partial charge in [0.05, 0.1) is 17.8 Å². The van der Waals surface area contributed by atoms with Crippen molar-refractivity contribution in [2.24, 2.45) is 0 Å². The van der Waals surface area contributed by atoms with Gasteiger partial charge in [-0.1, -0.05) is 24.1 Å². The van der Waals surface area contributed by atoms with Crippen LogP contribution in [0.15, 0.2) is 24.4 Å². The standard InChI is InChI=1S/C13H16ClN3/c1-16-8-3-2-6-11(16)13-15-9-10-5-4-7-12(14)17(10)13/h4-5,7,9,11H,2-3,6,8H2,1H3. The zero-order chi connectivity index (χ0) is 11.8. The number of hydrogen-bond acceptors (Lipinski definition) is 2. The number of likely N-dealkylation sites (tertiary alicyclic amines) is 1. The molecule has 0 amide bonds. The number of aromatic nitrogens is 2. The summed E-state index contributed by atoms with van der Waals surface area (Å²) in [5.74, 6) is 1.08. The minimum atomic E-state index is 0.395. The number of halogens is 1. The lowest BCUT2D eigenvalue weighted by Gasteiger charge is -2.31. The Morgan fingerprint density at radius 1 is 1.35 bits per heavy atom. The van der Waals surface area contributed by atoms with E-state index in [1.165, 1.54) is 19.3 Å². The van der Waals surface area contributed by atoms with Gasteiger partial charge in [0.15, 0.2) is 0 Å².